The Morgan fingerprint density at radius 2 is 1.09 bits per heavy atom. The minimum atomic E-state index is -1.35. The van der Waals surface area contributed by atoms with Gasteiger partial charge in [0.25, 0.3) is 0 Å². The maximum absolute atomic E-state index is 10.1. The molecule has 0 radical (unpaired) electrons. The summed E-state index contributed by atoms with van der Waals surface area (Å²) in [6, 6.07) is 14.4. The molecule has 0 amide bonds. The van der Waals surface area contributed by atoms with Crippen molar-refractivity contribution < 1.29 is 50.3 Å². The SMILES string of the molecule is CC(Br)c1ccc(I)cc1.CC(N[C@H]1C(O)O[C@H](CO)[C@@H](O)[C@@H]1O)c1ccc(I)cc1.OC[C@H]1OC(O)[C@H](NCl)[C@@H](O)[C@@H]1O. The molecule has 2 heterocycles. The van der Waals surface area contributed by atoms with Crippen LogP contribution in [0.1, 0.15) is 35.8 Å². The summed E-state index contributed by atoms with van der Waals surface area (Å²) in [5.41, 5.74) is 2.33. The van der Waals surface area contributed by atoms with Crippen LogP contribution in [0.2, 0.25) is 0 Å². The van der Waals surface area contributed by atoms with Gasteiger partial charge in [-0.15, -0.1) is 0 Å². The van der Waals surface area contributed by atoms with Crippen molar-refractivity contribution in [3.8, 4) is 0 Å². The molecule has 250 valence electrons. The molecule has 44 heavy (non-hydrogen) atoms. The van der Waals surface area contributed by atoms with Gasteiger partial charge in [-0.2, -0.15) is 0 Å². The minimum absolute atomic E-state index is 0.141. The van der Waals surface area contributed by atoms with Crippen molar-refractivity contribution in [1.29, 1.82) is 0 Å². The smallest absolute Gasteiger partial charge is 0.174 e. The fourth-order valence-electron chi connectivity index (χ4n) is 4.36. The molecule has 0 saturated carbocycles. The summed E-state index contributed by atoms with van der Waals surface area (Å²) in [7, 11) is 0. The van der Waals surface area contributed by atoms with Gasteiger partial charge < -0.3 is 55.6 Å². The van der Waals surface area contributed by atoms with Gasteiger partial charge in [0, 0.05) is 18.0 Å². The highest BCUT2D eigenvalue weighted by Crippen LogP contribution is 2.24. The van der Waals surface area contributed by atoms with Gasteiger partial charge in [0.05, 0.1) is 19.3 Å². The van der Waals surface area contributed by atoms with Crippen LogP contribution >= 0.6 is 72.9 Å². The molecule has 12 nitrogen and oxygen atoms in total. The predicted octanol–water partition coefficient (Wildman–Crippen LogP) is 1.02. The lowest BCUT2D eigenvalue weighted by Gasteiger charge is -2.41. The van der Waals surface area contributed by atoms with E-state index in [2.05, 4.69) is 102 Å². The van der Waals surface area contributed by atoms with E-state index in [4.69, 9.17) is 31.5 Å². The van der Waals surface area contributed by atoms with Crippen molar-refractivity contribution in [3.63, 3.8) is 0 Å². The van der Waals surface area contributed by atoms with E-state index in [-0.39, 0.29) is 6.04 Å². The molecule has 12 atom stereocenters. The normalized spacial score (nSPS) is 33.2. The number of rotatable bonds is 7. The second kappa shape index (κ2) is 19.9. The standard InChI is InChI=1S/C14H20INO5.C8H8BrI.C6H12ClNO5/c1-7(8-2-4-9(15)5-3-8)16-11-13(19)12(18)10(6-17)21-14(11)20;1-6(9)7-2-4-8(10)5-3-7;7-8-3-5(11)4(10)2(1-9)13-6(3)12/h2-5,7,10-14,16-20H,6H2,1H3;2-6H,1H3;2-6,8-12H,1H2/t7?,10-,11-,12-,13-,14?;;2-,3-,4-,5-,6?/m1.1/s1. The topological polar surface area (TPSA) is 204 Å². The molecular weight excluding hydrogens is 893 g/mol. The second-order valence-corrected chi connectivity index (χ2v) is 14.3. The highest BCUT2D eigenvalue weighted by atomic mass is 127. The monoisotopic (exact) mass is 932 g/mol. The Labute approximate surface area is 297 Å². The zero-order valence-corrected chi connectivity index (χ0v) is 30.5. The Bertz CT molecular complexity index is 1100. The van der Waals surface area contributed by atoms with Crippen LogP contribution in [-0.4, -0.2) is 115 Å². The summed E-state index contributed by atoms with van der Waals surface area (Å²) in [5, 5.41) is 78.6. The zero-order chi connectivity index (χ0) is 33.1. The highest BCUT2D eigenvalue weighted by Gasteiger charge is 2.44. The van der Waals surface area contributed by atoms with Gasteiger partial charge in [-0.1, -0.05) is 40.2 Å². The van der Waals surface area contributed by atoms with Crippen molar-refractivity contribution in [3.05, 3.63) is 66.8 Å². The first-order valence-corrected chi connectivity index (χ1v) is 17.1. The van der Waals surface area contributed by atoms with E-state index in [0.29, 0.717) is 4.83 Å². The van der Waals surface area contributed by atoms with E-state index in [1.807, 2.05) is 31.2 Å². The average molecular weight is 934 g/mol. The van der Waals surface area contributed by atoms with E-state index >= 15 is 0 Å². The third-order valence-electron chi connectivity index (χ3n) is 7.07. The fraction of sp³-hybridized carbons (Fsp3) is 0.571. The van der Waals surface area contributed by atoms with Crippen LogP contribution in [0.15, 0.2) is 48.5 Å². The summed E-state index contributed by atoms with van der Waals surface area (Å²) in [6.45, 7) is 3.08. The number of hydrogen-bond donors (Lipinski definition) is 10. The Hall–Kier alpha value is 0.190. The number of nitrogens with one attached hydrogen (secondary N) is 2. The van der Waals surface area contributed by atoms with Crippen LogP contribution in [0.4, 0.5) is 0 Å². The van der Waals surface area contributed by atoms with Gasteiger partial charge in [-0.05, 0) is 106 Å². The van der Waals surface area contributed by atoms with E-state index in [0.717, 1.165) is 9.13 Å². The van der Waals surface area contributed by atoms with Crippen molar-refractivity contribution in [2.45, 2.75) is 86.0 Å². The Morgan fingerprint density at radius 3 is 1.48 bits per heavy atom. The molecule has 2 aliphatic rings. The van der Waals surface area contributed by atoms with Gasteiger partial charge in [-0.25, -0.2) is 4.84 Å². The van der Waals surface area contributed by atoms with Gasteiger partial charge >= 0.3 is 0 Å². The molecule has 2 fully saturated rings. The van der Waals surface area contributed by atoms with Crippen LogP contribution in [-0.2, 0) is 9.47 Å². The number of aliphatic hydroxyl groups excluding tert-OH is 8. The molecule has 2 aromatic rings. The van der Waals surface area contributed by atoms with E-state index in [9.17, 15) is 30.6 Å². The Morgan fingerprint density at radius 1 is 0.705 bits per heavy atom. The summed E-state index contributed by atoms with van der Waals surface area (Å²) in [6.07, 6.45) is -9.66. The molecule has 0 spiro atoms. The first-order valence-electron chi connectivity index (χ1n) is 13.6. The van der Waals surface area contributed by atoms with E-state index in [1.54, 1.807) is 0 Å². The van der Waals surface area contributed by atoms with Gasteiger partial charge in [0.1, 0.15) is 42.7 Å². The number of benzene rings is 2. The number of alkyl halides is 1. The first-order chi connectivity index (χ1) is 20.7. The molecule has 2 aliphatic heterocycles. The second-order valence-electron chi connectivity index (χ2n) is 10.2. The van der Waals surface area contributed by atoms with Gasteiger partial charge in [-0.3, -0.25) is 0 Å². The Balaban J connectivity index is 0.000000250. The largest absolute Gasteiger partial charge is 0.394 e. The summed E-state index contributed by atoms with van der Waals surface area (Å²) in [5.74, 6) is 0. The van der Waals surface area contributed by atoms with Gasteiger partial charge in [0.15, 0.2) is 12.6 Å². The third-order valence-corrected chi connectivity index (χ3v) is 9.29. The van der Waals surface area contributed by atoms with Gasteiger partial charge in [0.2, 0.25) is 0 Å². The van der Waals surface area contributed by atoms with Crippen molar-refractivity contribution in [2.75, 3.05) is 13.2 Å². The average Bonchev–Trinajstić information content (AvgIpc) is 3.00. The van der Waals surface area contributed by atoms with Crippen LogP contribution in [0.3, 0.4) is 0 Å². The first kappa shape index (κ1) is 40.4. The van der Waals surface area contributed by atoms with E-state index < -0.39 is 74.5 Å². The lowest BCUT2D eigenvalue weighted by Crippen LogP contribution is -2.63. The van der Waals surface area contributed by atoms with Crippen LogP contribution in [0.5, 0.6) is 0 Å². The number of halogens is 4. The maximum atomic E-state index is 10.1. The fourth-order valence-corrected chi connectivity index (χ4v) is 5.62. The summed E-state index contributed by atoms with van der Waals surface area (Å²) < 4.78 is 12.3. The third kappa shape index (κ3) is 11.7. The molecule has 16 heteroatoms. The summed E-state index contributed by atoms with van der Waals surface area (Å²) in [4.78, 5) is 2.55. The molecule has 4 rings (SSSR count). The molecule has 4 unspecified atom stereocenters. The minimum Gasteiger partial charge on any atom is -0.394 e. The van der Waals surface area contributed by atoms with Crippen molar-refractivity contribution in [2.24, 2.45) is 0 Å². The van der Waals surface area contributed by atoms with E-state index in [1.165, 1.54) is 9.13 Å². The zero-order valence-electron chi connectivity index (χ0n) is 23.9. The molecule has 10 N–H and O–H groups in total. The van der Waals surface area contributed by atoms with Crippen LogP contribution in [0, 0.1) is 7.14 Å². The van der Waals surface area contributed by atoms with Crippen molar-refractivity contribution >= 4 is 72.9 Å². The molecule has 0 aliphatic carbocycles. The quantitative estimate of drug-likeness (QED) is 0.108. The summed E-state index contributed by atoms with van der Waals surface area (Å²) >= 11 is 13.2. The number of aliphatic hydroxyl groups is 8. The molecule has 2 saturated heterocycles. The Kier molecular flexibility index (Phi) is 18.2. The predicted molar refractivity (Wildman–Crippen MR) is 184 cm³/mol. The molecule has 0 aromatic heterocycles. The number of ether oxygens (including phenoxy) is 2. The lowest BCUT2D eigenvalue weighted by molar-refractivity contribution is -0.255. The molecule has 2 aromatic carbocycles. The van der Waals surface area contributed by atoms with Crippen LogP contribution in [0.25, 0.3) is 0 Å². The van der Waals surface area contributed by atoms with Crippen molar-refractivity contribution in [1.82, 2.24) is 10.2 Å². The highest BCUT2D eigenvalue weighted by molar-refractivity contribution is 14.1. The van der Waals surface area contributed by atoms with Crippen LogP contribution < -0.4 is 10.2 Å². The number of hydrogen-bond acceptors (Lipinski definition) is 12. The molecular formula is C28H40BrClI2N2O10. The molecule has 0 bridgehead atoms. The maximum Gasteiger partial charge on any atom is 0.174 e. The lowest BCUT2D eigenvalue weighted by atomic mass is 9.95.